The van der Waals surface area contributed by atoms with Gasteiger partial charge in [-0.3, -0.25) is 14.7 Å². The van der Waals surface area contributed by atoms with E-state index in [0.717, 1.165) is 101 Å². The molecule has 8 aromatic rings. The van der Waals surface area contributed by atoms with Crippen LogP contribution in [0, 0.1) is 30.3 Å². The molecule has 1 unspecified atom stereocenters. The first-order chi connectivity index (χ1) is 40.2. The maximum Gasteiger partial charge on any atom is 0.319 e. The third-order valence-corrected chi connectivity index (χ3v) is 16.6. The number of likely N-dealkylation sites (tertiary alicyclic amines) is 1. The summed E-state index contributed by atoms with van der Waals surface area (Å²) < 4.78 is 63.4. The lowest BCUT2D eigenvalue weighted by Crippen LogP contribution is -2.44. The lowest BCUT2D eigenvalue weighted by atomic mass is 9.88. The highest BCUT2D eigenvalue weighted by atomic mass is 19.2. The maximum atomic E-state index is 15.8. The van der Waals surface area contributed by atoms with E-state index in [-0.39, 0.29) is 49.4 Å². The molecule has 3 aliphatic heterocycles. The molecular weight excluding hydrogens is 1060 g/mol. The molecule has 4 N–H and O–H groups in total. The zero-order chi connectivity index (χ0) is 58.5. The fraction of sp³-hybridized carbons (Fsp3) is 0.413. The summed E-state index contributed by atoms with van der Waals surface area (Å²) >= 11 is 0. The number of piperazine rings is 1. The van der Waals surface area contributed by atoms with Crippen molar-refractivity contribution in [3.63, 3.8) is 0 Å². The normalized spacial score (nSPS) is 18.4. The second kappa shape index (κ2) is 25.7. The molecule has 1 aliphatic carbocycles. The molecule has 436 valence electrons. The Morgan fingerprint density at radius 2 is 1.67 bits per heavy atom. The molecule has 2 bridgehead atoms. The van der Waals surface area contributed by atoms with E-state index in [2.05, 4.69) is 94.1 Å². The van der Waals surface area contributed by atoms with Gasteiger partial charge in [0.1, 0.15) is 36.1 Å². The van der Waals surface area contributed by atoms with Gasteiger partial charge in [0, 0.05) is 77.9 Å². The number of nitrogens with zero attached hydrogens (tertiary/aromatic N) is 8. The van der Waals surface area contributed by atoms with Crippen LogP contribution in [0.3, 0.4) is 0 Å². The number of H-pyrrole nitrogens is 1. The van der Waals surface area contributed by atoms with E-state index >= 15 is 4.39 Å². The number of carbonyl (C=O) groups is 2. The average Bonchev–Trinajstić information content (AvgIpc) is 3.45. The SMILES string of the molecule is CO[C@@H](C)COc1nc(N2C[C@@H]3C[C@H]2CN3)c2cc(C3CC3)c(-c3c(C)c(F)cc4[nH]ncc34)c(OCc3ccc(-c4cn(C(C)C(C)C)nn4)cc3)c2n1.C[C@@H]1CCCN1C=O.O=CN[C@@H](CO)c1ccc(-c2cccc(F)c2F)cc1. The molecule has 20 heteroatoms. The number of aliphatic hydroxyl groups is 1. The van der Waals surface area contributed by atoms with Crippen LogP contribution in [0.5, 0.6) is 11.8 Å². The number of methoxy groups -OCH3 is 1. The Morgan fingerprint density at radius 1 is 0.904 bits per heavy atom. The summed E-state index contributed by atoms with van der Waals surface area (Å²) in [4.78, 5) is 35.0. The van der Waals surface area contributed by atoms with E-state index in [4.69, 9.17) is 29.3 Å². The number of fused-ring (bicyclic) bond motifs is 4. The van der Waals surface area contributed by atoms with Gasteiger partial charge in [-0.25, -0.2) is 17.9 Å². The first-order valence-corrected chi connectivity index (χ1v) is 28.5. The molecule has 3 saturated heterocycles. The van der Waals surface area contributed by atoms with Crippen molar-refractivity contribution in [3.05, 3.63) is 131 Å². The van der Waals surface area contributed by atoms with Crippen LogP contribution in [0.25, 0.3) is 55.3 Å². The molecule has 3 aromatic heterocycles. The van der Waals surface area contributed by atoms with Crippen LogP contribution in [-0.2, 0) is 20.9 Å². The molecule has 2 amide bonds. The van der Waals surface area contributed by atoms with E-state index < -0.39 is 17.7 Å². The molecular formula is C63H72F3N11O6. The predicted molar refractivity (Wildman–Crippen MR) is 312 cm³/mol. The number of aromatic amines is 1. The number of carbonyl (C=O) groups excluding carboxylic acids is 2. The van der Waals surface area contributed by atoms with Gasteiger partial charge in [-0.2, -0.15) is 15.1 Å². The molecule has 0 radical (unpaired) electrons. The maximum absolute atomic E-state index is 15.8. The average molecular weight is 1140 g/mol. The van der Waals surface area contributed by atoms with Crippen LogP contribution < -0.4 is 25.0 Å². The highest BCUT2D eigenvalue weighted by Gasteiger charge is 2.41. The van der Waals surface area contributed by atoms with Gasteiger partial charge in [-0.15, -0.1) is 5.10 Å². The summed E-state index contributed by atoms with van der Waals surface area (Å²) in [5.74, 6) is 0.0472. The summed E-state index contributed by atoms with van der Waals surface area (Å²) in [5.41, 5.74) is 8.65. The van der Waals surface area contributed by atoms with Crippen LogP contribution in [0.1, 0.15) is 107 Å². The van der Waals surface area contributed by atoms with Crippen molar-refractivity contribution in [2.45, 2.75) is 122 Å². The standard InChI is InChI=1S/C42H48FN9O3.C15H13F2NO2.C6H11NO/c1-22(2)25(5)52-19-36(49-50-52)28-9-7-26(8-10-28)21-54-40-38(37-24(4)34(43)15-35-33(37)17-45-48-35)31(27-11-12-27)14-32-39(40)46-42(55-20-23(3)53-6)47-41(32)51-18-29-13-30(51)16-44-29;16-13-3-1-2-12(15(13)17)10-4-6-11(7-5-10)14(8-19)18-9-20;1-6-3-2-4-7(6)5-8/h7-10,14-15,17,19,22-23,25,27,29-30,44H,11-13,16,18,20-21H2,1-6H3,(H,45,48);1-7,9,14,19H,8H2,(H,18,20);5-6H,2-4H2,1H3/t23-,25?,29-,30-;14-;6-/m001/s1. The van der Waals surface area contributed by atoms with Crippen molar-refractivity contribution >= 4 is 40.4 Å². The summed E-state index contributed by atoms with van der Waals surface area (Å²) in [6.45, 7) is 15.4. The largest absolute Gasteiger partial charge is 0.486 e. The Hall–Kier alpha value is -7.94. The van der Waals surface area contributed by atoms with E-state index in [9.17, 15) is 18.4 Å². The summed E-state index contributed by atoms with van der Waals surface area (Å²) in [6.07, 6.45) is 10.6. The lowest BCUT2D eigenvalue weighted by Gasteiger charge is -2.30. The molecule has 12 rings (SSSR count). The van der Waals surface area contributed by atoms with Gasteiger partial charge in [0.05, 0.1) is 42.7 Å². The lowest BCUT2D eigenvalue weighted by molar-refractivity contribution is -0.118. The fourth-order valence-corrected chi connectivity index (χ4v) is 11.1. The fourth-order valence-electron chi connectivity index (χ4n) is 11.1. The number of amides is 2. The minimum atomic E-state index is -0.901. The zero-order valence-electron chi connectivity index (χ0n) is 47.9. The highest BCUT2D eigenvalue weighted by Crippen LogP contribution is 2.53. The molecule has 17 nitrogen and oxygen atoms in total. The van der Waals surface area contributed by atoms with Gasteiger partial charge in [0.25, 0.3) is 0 Å². The van der Waals surface area contributed by atoms with E-state index in [1.165, 1.54) is 31.0 Å². The number of anilines is 1. The molecule has 5 aromatic carbocycles. The molecule has 6 heterocycles. The summed E-state index contributed by atoms with van der Waals surface area (Å²) in [6, 6.07) is 23.7. The van der Waals surface area contributed by atoms with E-state index in [0.29, 0.717) is 69.8 Å². The second-order valence-electron chi connectivity index (χ2n) is 22.5. The third kappa shape index (κ3) is 12.7. The number of benzene rings is 5. The van der Waals surface area contributed by atoms with E-state index in [1.54, 1.807) is 37.6 Å². The molecule has 4 aliphatic rings. The number of hydrogen-bond acceptors (Lipinski definition) is 13. The predicted octanol–water partition coefficient (Wildman–Crippen LogP) is 10.6. The zero-order valence-corrected chi connectivity index (χ0v) is 47.9. The Kier molecular flexibility index (Phi) is 18.0. The number of aromatic nitrogens is 7. The van der Waals surface area contributed by atoms with Gasteiger partial charge < -0.3 is 39.8 Å². The number of hydrogen-bond donors (Lipinski definition) is 4. The third-order valence-electron chi connectivity index (χ3n) is 16.6. The van der Waals surface area contributed by atoms with Crippen LogP contribution in [0.2, 0.25) is 0 Å². The summed E-state index contributed by atoms with van der Waals surface area (Å²) in [7, 11) is 1.66. The number of ether oxygens (including phenoxy) is 3. The number of aliphatic hydroxyl groups excluding tert-OH is 1. The Bertz CT molecular complexity index is 3560. The molecule has 4 fully saturated rings. The van der Waals surface area contributed by atoms with Crippen LogP contribution in [0.15, 0.2) is 91.3 Å². The Balaban J connectivity index is 0.000000225. The van der Waals surface area contributed by atoms with E-state index in [1.807, 2.05) is 29.6 Å². The van der Waals surface area contributed by atoms with Crippen LogP contribution >= 0.6 is 0 Å². The van der Waals surface area contributed by atoms with Crippen molar-refractivity contribution in [2.24, 2.45) is 5.92 Å². The first kappa shape index (κ1) is 58.3. The van der Waals surface area contributed by atoms with Gasteiger partial charge in [0.15, 0.2) is 17.4 Å². The van der Waals surface area contributed by atoms with Crippen molar-refractivity contribution in [1.29, 1.82) is 0 Å². The number of halogens is 3. The smallest absolute Gasteiger partial charge is 0.319 e. The highest BCUT2D eigenvalue weighted by molar-refractivity contribution is 6.06. The van der Waals surface area contributed by atoms with Crippen molar-refractivity contribution in [1.82, 2.24) is 50.7 Å². The molecule has 6 atom stereocenters. The van der Waals surface area contributed by atoms with Gasteiger partial charge in [0.2, 0.25) is 12.8 Å². The van der Waals surface area contributed by atoms with Crippen molar-refractivity contribution in [2.75, 3.05) is 44.9 Å². The number of rotatable bonds is 19. The van der Waals surface area contributed by atoms with Gasteiger partial charge in [-0.05, 0) is 118 Å². The quantitative estimate of drug-likeness (QED) is 0.0559. The van der Waals surface area contributed by atoms with Gasteiger partial charge in [-0.1, -0.05) is 79.7 Å². The molecule has 1 saturated carbocycles. The summed E-state index contributed by atoms with van der Waals surface area (Å²) in [5, 5.41) is 33.2. The molecule has 0 spiro atoms. The Labute approximate surface area is 480 Å². The minimum Gasteiger partial charge on any atom is -0.486 e. The van der Waals surface area contributed by atoms with Crippen LogP contribution in [0.4, 0.5) is 19.0 Å². The topological polar surface area (TPSA) is 198 Å². The van der Waals surface area contributed by atoms with Crippen molar-refractivity contribution in [3.8, 4) is 45.3 Å². The second-order valence-corrected chi connectivity index (χ2v) is 22.5. The number of nitrogens with one attached hydrogen (secondary N) is 3. The van der Waals surface area contributed by atoms with Gasteiger partial charge >= 0.3 is 6.01 Å². The Morgan fingerprint density at radius 3 is 2.31 bits per heavy atom. The van der Waals surface area contributed by atoms with Crippen LogP contribution in [-0.4, -0.2) is 122 Å². The van der Waals surface area contributed by atoms with Crippen molar-refractivity contribution < 1.29 is 42.1 Å². The first-order valence-electron chi connectivity index (χ1n) is 28.5. The minimum absolute atomic E-state index is 0.159. The molecule has 83 heavy (non-hydrogen) atoms. The monoisotopic (exact) mass is 1140 g/mol.